The summed E-state index contributed by atoms with van der Waals surface area (Å²) < 4.78 is 68.8. The Morgan fingerprint density at radius 1 is 0.262 bits per heavy atom. The average Bonchev–Trinajstić information content (AvgIpc) is 0.918. The van der Waals surface area contributed by atoms with Crippen molar-refractivity contribution in [1.82, 2.24) is 0 Å². The maximum absolute atomic E-state index is 13.1. The van der Waals surface area contributed by atoms with Gasteiger partial charge in [0, 0.05) is 25.7 Å². The highest BCUT2D eigenvalue weighted by Crippen LogP contribution is 2.45. The van der Waals surface area contributed by atoms with Crippen LogP contribution in [0.1, 0.15) is 446 Å². The van der Waals surface area contributed by atoms with Gasteiger partial charge in [-0.1, -0.05) is 395 Å². The van der Waals surface area contributed by atoms with E-state index in [1.165, 1.54) is 263 Å². The number of esters is 4. The second-order valence-corrected chi connectivity index (χ2v) is 34.1. The number of unbranched alkanes of at least 4 members (excludes halogenated alkanes) is 53. The SMILES string of the molecule is CCCCCCCCCCCCCCCCCCCCCCCC(=O)O[C@H](COC(=O)CCCCCCCCCCCCCCCCC(C)C)COP(=O)(O)OC[C@@H](O)COP(=O)(O)OC[C@@H](COC(=O)CCCCCCCCCCCCCC)OC(=O)CCCCCCCCCCCCC(C)C. The zero-order valence-corrected chi connectivity index (χ0v) is 69.4. The third-order valence-corrected chi connectivity index (χ3v) is 21.6. The highest BCUT2D eigenvalue weighted by Gasteiger charge is 2.30. The second-order valence-electron chi connectivity index (χ2n) is 31.2. The molecule has 0 spiro atoms. The lowest BCUT2D eigenvalue weighted by molar-refractivity contribution is -0.161. The highest BCUT2D eigenvalue weighted by atomic mass is 31.2. The first-order valence-corrected chi connectivity index (χ1v) is 46.5. The monoisotopic (exact) mass is 1510 g/mol. The number of aliphatic hydroxyl groups excluding tert-OH is 1. The van der Waals surface area contributed by atoms with Crippen molar-refractivity contribution >= 4 is 39.5 Å². The average molecular weight is 1510 g/mol. The van der Waals surface area contributed by atoms with Crippen molar-refractivity contribution in [2.75, 3.05) is 39.6 Å². The second kappa shape index (κ2) is 75.5. The molecule has 0 aromatic heterocycles. The van der Waals surface area contributed by atoms with Crippen LogP contribution in [0.4, 0.5) is 0 Å². The van der Waals surface area contributed by atoms with E-state index in [1.807, 2.05) is 0 Å². The minimum Gasteiger partial charge on any atom is -0.462 e. The van der Waals surface area contributed by atoms with Gasteiger partial charge in [-0.05, 0) is 37.5 Å². The quantitative estimate of drug-likeness (QED) is 0.0222. The fourth-order valence-corrected chi connectivity index (χ4v) is 14.6. The largest absolute Gasteiger partial charge is 0.472 e. The fourth-order valence-electron chi connectivity index (χ4n) is 13.1. The van der Waals surface area contributed by atoms with Crippen LogP contribution in [0.3, 0.4) is 0 Å². The topological polar surface area (TPSA) is 237 Å². The Balaban J connectivity index is 5.24. The van der Waals surface area contributed by atoms with E-state index in [9.17, 15) is 43.2 Å². The normalized spacial score (nSPS) is 13.9. The smallest absolute Gasteiger partial charge is 0.462 e. The maximum atomic E-state index is 13.1. The number of rotatable bonds is 83. The van der Waals surface area contributed by atoms with E-state index in [-0.39, 0.29) is 25.7 Å². The molecule has 3 N–H and O–H groups in total. The van der Waals surface area contributed by atoms with Gasteiger partial charge in [0.2, 0.25) is 0 Å². The Hall–Kier alpha value is -1.94. The van der Waals surface area contributed by atoms with E-state index >= 15 is 0 Å². The molecular formula is C84H164O17P2. The summed E-state index contributed by atoms with van der Waals surface area (Å²) in [6.07, 6.45) is 66.6. The summed E-state index contributed by atoms with van der Waals surface area (Å²) in [5.41, 5.74) is 0. The molecule has 17 nitrogen and oxygen atoms in total. The third-order valence-electron chi connectivity index (χ3n) is 19.7. The molecule has 0 bridgehead atoms. The summed E-state index contributed by atoms with van der Waals surface area (Å²) in [6.45, 7) is 9.67. The molecule has 0 aliphatic carbocycles. The number of phosphoric acid groups is 2. The molecule has 0 amide bonds. The Bertz CT molecular complexity index is 1980. The molecule has 0 radical (unpaired) electrons. The maximum Gasteiger partial charge on any atom is 0.472 e. The number of carbonyl (C=O) groups excluding carboxylic acids is 4. The summed E-state index contributed by atoms with van der Waals surface area (Å²) in [5, 5.41) is 10.7. The van der Waals surface area contributed by atoms with Crippen LogP contribution in [0.15, 0.2) is 0 Å². The fraction of sp³-hybridized carbons (Fsp3) is 0.952. The van der Waals surface area contributed by atoms with Gasteiger partial charge in [-0.3, -0.25) is 37.3 Å². The van der Waals surface area contributed by atoms with Gasteiger partial charge in [-0.15, -0.1) is 0 Å². The molecule has 0 rings (SSSR count). The molecule has 0 saturated carbocycles. The summed E-state index contributed by atoms with van der Waals surface area (Å²) in [7, 11) is -9.92. The van der Waals surface area contributed by atoms with Crippen molar-refractivity contribution in [2.24, 2.45) is 11.8 Å². The number of carbonyl (C=O) groups is 4. The minimum atomic E-state index is -4.96. The van der Waals surface area contributed by atoms with E-state index in [2.05, 4.69) is 41.5 Å². The van der Waals surface area contributed by atoms with Gasteiger partial charge < -0.3 is 33.8 Å². The van der Waals surface area contributed by atoms with Crippen molar-refractivity contribution in [3.05, 3.63) is 0 Å². The molecule has 0 aliphatic heterocycles. The molecule has 0 aliphatic rings. The predicted molar refractivity (Wildman–Crippen MR) is 423 cm³/mol. The van der Waals surface area contributed by atoms with Gasteiger partial charge >= 0.3 is 39.5 Å². The van der Waals surface area contributed by atoms with Crippen molar-refractivity contribution in [1.29, 1.82) is 0 Å². The highest BCUT2D eigenvalue weighted by molar-refractivity contribution is 7.47. The van der Waals surface area contributed by atoms with E-state index in [0.29, 0.717) is 25.7 Å². The minimum absolute atomic E-state index is 0.107. The number of aliphatic hydroxyl groups is 1. The Morgan fingerprint density at radius 3 is 0.660 bits per heavy atom. The van der Waals surface area contributed by atoms with E-state index in [1.54, 1.807) is 0 Å². The standard InChI is InChI=1S/C84H164O17P2/c1-7-9-11-13-15-17-19-21-22-23-24-25-26-27-28-33-37-44-50-56-62-68-83(88)100-79(72-95-82(87)67-61-55-49-43-36-32-30-29-31-34-40-46-52-58-64-76(3)4)74-98-102(90,91)96-70-78(85)71-97-103(92,93)99-75-80(73-94-81(86)66-60-54-48-42-35-20-18-16-14-12-10-8-2)101-84(89)69-63-57-51-45-39-38-41-47-53-59-65-77(5)6/h76-80,85H,7-75H2,1-6H3,(H,90,91)(H,92,93)/t78-,79-,80-/m1/s1. The summed E-state index contributed by atoms with van der Waals surface area (Å²) >= 11 is 0. The molecule has 0 saturated heterocycles. The lowest BCUT2D eigenvalue weighted by atomic mass is 10.0. The van der Waals surface area contributed by atoms with Crippen molar-refractivity contribution in [3.63, 3.8) is 0 Å². The zero-order valence-electron chi connectivity index (χ0n) is 67.6. The Kier molecular flexibility index (Phi) is 74.1. The molecule has 612 valence electrons. The van der Waals surface area contributed by atoms with Gasteiger partial charge in [0.25, 0.3) is 0 Å². The lowest BCUT2D eigenvalue weighted by Crippen LogP contribution is -2.30. The van der Waals surface area contributed by atoms with Crippen LogP contribution in [0, 0.1) is 11.8 Å². The lowest BCUT2D eigenvalue weighted by Gasteiger charge is -2.21. The van der Waals surface area contributed by atoms with Crippen molar-refractivity contribution < 1.29 is 80.2 Å². The molecule has 0 aromatic carbocycles. The van der Waals surface area contributed by atoms with Crippen LogP contribution < -0.4 is 0 Å². The number of hydrogen-bond donors (Lipinski definition) is 3. The van der Waals surface area contributed by atoms with Gasteiger partial charge in [-0.2, -0.15) is 0 Å². The Morgan fingerprint density at radius 2 is 0.447 bits per heavy atom. The number of ether oxygens (including phenoxy) is 4. The summed E-state index contributed by atoms with van der Waals surface area (Å²) in [4.78, 5) is 73.1. The molecule has 103 heavy (non-hydrogen) atoms. The van der Waals surface area contributed by atoms with E-state index in [4.69, 9.17) is 37.0 Å². The van der Waals surface area contributed by atoms with Crippen LogP contribution in [0.25, 0.3) is 0 Å². The van der Waals surface area contributed by atoms with Gasteiger partial charge in [0.05, 0.1) is 26.4 Å². The van der Waals surface area contributed by atoms with Crippen LogP contribution in [-0.4, -0.2) is 96.7 Å². The van der Waals surface area contributed by atoms with Crippen LogP contribution in [0.2, 0.25) is 0 Å². The number of hydrogen-bond acceptors (Lipinski definition) is 15. The third kappa shape index (κ3) is 78.0. The summed E-state index contributed by atoms with van der Waals surface area (Å²) in [5.74, 6) is -0.553. The first kappa shape index (κ1) is 101. The molecule has 2 unspecified atom stereocenters. The van der Waals surface area contributed by atoms with Crippen molar-refractivity contribution in [3.8, 4) is 0 Å². The van der Waals surface area contributed by atoms with Crippen LogP contribution in [0.5, 0.6) is 0 Å². The first-order chi connectivity index (χ1) is 49.9. The zero-order chi connectivity index (χ0) is 75.6. The van der Waals surface area contributed by atoms with Crippen molar-refractivity contribution in [2.45, 2.75) is 464 Å². The molecule has 0 heterocycles. The summed E-state index contributed by atoms with van der Waals surface area (Å²) in [6, 6.07) is 0. The van der Waals surface area contributed by atoms with Gasteiger partial charge in [0.15, 0.2) is 12.2 Å². The molecule has 0 fully saturated rings. The van der Waals surface area contributed by atoms with Crippen LogP contribution in [-0.2, 0) is 65.4 Å². The Labute approximate surface area is 632 Å². The van der Waals surface area contributed by atoms with E-state index in [0.717, 1.165) is 102 Å². The van der Waals surface area contributed by atoms with E-state index < -0.39 is 97.5 Å². The number of phosphoric ester groups is 2. The van der Waals surface area contributed by atoms with Gasteiger partial charge in [-0.25, -0.2) is 9.13 Å². The molecular weight excluding hydrogens is 1340 g/mol. The molecule has 0 aromatic rings. The van der Waals surface area contributed by atoms with Crippen LogP contribution >= 0.6 is 15.6 Å². The molecule has 5 atom stereocenters. The van der Waals surface area contributed by atoms with Gasteiger partial charge in [0.1, 0.15) is 19.3 Å². The molecule has 19 heteroatoms. The predicted octanol–water partition coefficient (Wildman–Crippen LogP) is 25.5. The first-order valence-electron chi connectivity index (χ1n) is 43.5.